The van der Waals surface area contributed by atoms with Crippen LogP contribution in [0.2, 0.25) is 0 Å². The van der Waals surface area contributed by atoms with Crippen LogP contribution in [0, 0.1) is 0 Å². The Bertz CT molecular complexity index is 680. The molecule has 1 aromatic rings. The highest BCUT2D eigenvalue weighted by Gasteiger charge is 2.25. The van der Waals surface area contributed by atoms with Crippen molar-refractivity contribution in [2.75, 3.05) is 45.8 Å². The topological polar surface area (TPSA) is 91.0 Å². The Labute approximate surface area is 182 Å². The molecular formula is C21H34N4O4S. The van der Waals surface area contributed by atoms with Crippen LogP contribution in [0.4, 0.5) is 4.79 Å². The summed E-state index contributed by atoms with van der Waals surface area (Å²) in [5, 5.41) is 9.42. The first kappa shape index (κ1) is 24.1. The van der Waals surface area contributed by atoms with Gasteiger partial charge in [0.2, 0.25) is 5.91 Å². The Kier molecular flexibility index (Phi) is 9.58. The maximum absolute atomic E-state index is 12.1. The smallest absolute Gasteiger partial charge is 0.410 e. The van der Waals surface area contributed by atoms with E-state index in [0.717, 1.165) is 26.1 Å². The zero-order valence-corrected chi connectivity index (χ0v) is 19.1. The van der Waals surface area contributed by atoms with Crippen molar-refractivity contribution >= 4 is 29.2 Å². The highest BCUT2D eigenvalue weighted by Crippen LogP contribution is 2.12. The van der Waals surface area contributed by atoms with Gasteiger partial charge in [0.1, 0.15) is 5.60 Å². The molecule has 0 unspecified atom stereocenters. The number of hydrogen-bond donors (Lipinski definition) is 2. The number of amides is 3. The minimum Gasteiger partial charge on any atom is -0.444 e. The molecule has 30 heavy (non-hydrogen) atoms. The average Bonchev–Trinajstić information content (AvgIpc) is 3.22. The Hall–Kier alpha value is -2.13. The van der Waals surface area contributed by atoms with Crippen LogP contribution in [0.3, 0.4) is 0 Å². The maximum atomic E-state index is 12.1. The van der Waals surface area contributed by atoms with Gasteiger partial charge < -0.3 is 20.3 Å². The number of rotatable bonds is 9. The molecule has 8 nitrogen and oxygen atoms in total. The van der Waals surface area contributed by atoms with Crippen LogP contribution in [-0.2, 0) is 9.53 Å². The van der Waals surface area contributed by atoms with Crippen molar-refractivity contribution in [3.05, 3.63) is 22.4 Å². The van der Waals surface area contributed by atoms with Gasteiger partial charge in [-0.15, -0.1) is 0 Å². The quantitative estimate of drug-likeness (QED) is 0.578. The molecule has 1 aromatic heterocycles. The van der Waals surface area contributed by atoms with Crippen molar-refractivity contribution in [1.29, 1.82) is 0 Å². The normalized spacial score (nSPS) is 15.0. The Morgan fingerprint density at radius 3 is 2.40 bits per heavy atom. The first-order chi connectivity index (χ1) is 14.2. The lowest BCUT2D eigenvalue weighted by atomic mass is 10.2. The Morgan fingerprint density at radius 2 is 1.77 bits per heavy atom. The summed E-state index contributed by atoms with van der Waals surface area (Å²) in [4.78, 5) is 39.8. The van der Waals surface area contributed by atoms with Crippen LogP contribution in [-0.4, -0.2) is 79.1 Å². The molecule has 0 aromatic carbocycles. The average molecular weight is 439 g/mol. The van der Waals surface area contributed by atoms with Gasteiger partial charge in [0.15, 0.2) is 0 Å². The summed E-state index contributed by atoms with van der Waals surface area (Å²) < 4.78 is 5.41. The monoisotopic (exact) mass is 438 g/mol. The minimum absolute atomic E-state index is 0.00882. The predicted octanol–water partition coefficient (Wildman–Crippen LogP) is 2.32. The fourth-order valence-corrected chi connectivity index (χ4v) is 3.68. The van der Waals surface area contributed by atoms with Crippen molar-refractivity contribution in [2.45, 2.75) is 45.6 Å². The third-order valence-electron chi connectivity index (χ3n) is 4.65. The number of hydrogen-bond acceptors (Lipinski definition) is 6. The highest BCUT2D eigenvalue weighted by molar-refractivity contribution is 7.08. The minimum atomic E-state index is -0.470. The number of ether oxygens (including phenoxy) is 1. The lowest BCUT2D eigenvalue weighted by Gasteiger charge is -2.35. The summed E-state index contributed by atoms with van der Waals surface area (Å²) in [5.41, 5.74) is 0.193. The van der Waals surface area contributed by atoms with Gasteiger partial charge in [0, 0.05) is 56.6 Å². The lowest BCUT2D eigenvalue weighted by Crippen LogP contribution is -2.50. The molecule has 0 radical (unpaired) electrons. The second kappa shape index (κ2) is 11.9. The van der Waals surface area contributed by atoms with Crippen LogP contribution >= 0.6 is 11.3 Å². The molecule has 0 atom stereocenters. The van der Waals surface area contributed by atoms with Crippen molar-refractivity contribution in [1.82, 2.24) is 20.4 Å². The predicted molar refractivity (Wildman–Crippen MR) is 118 cm³/mol. The molecule has 0 aliphatic carbocycles. The van der Waals surface area contributed by atoms with Crippen LogP contribution < -0.4 is 10.6 Å². The molecule has 0 bridgehead atoms. The second-order valence-corrected chi connectivity index (χ2v) is 9.16. The summed E-state index contributed by atoms with van der Waals surface area (Å²) in [6, 6.07) is 1.78. The molecule has 1 aliphatic heterocycles. The van der Waals surface area contributed by atoms with Crippen molar-refractivity contribution in [3.63, 3.8) is 0 Å². The molecule has 1 aliphatic rings. The van der Waals surface area contributed by atoms with E-state index in [1.165, 1.54) is 11.3 Å². The van der Waals surface area contributed by atoms with E-state index in [2.05, 4.69) is 15.5 Å². The van der Waals surface area contributed by atoms with Gasteiger partial charge in [-0.25, -0.2) is 4.79 Å². The molecule has 2 N–H and O–H groups in total. The fraction of sp³-hybridized carbons (Fsp3) is 0.667. The van der Waals surface area contributed by atoms with E-state index in [4.69, 9.17) is 4.74 Å². The summed E-state index contributed by atoms with van der Waals surface area (Å²) >= 11 is 1.49. The van der Waals surface area contributed by atoms with E-state index in [0.29, 0.717) is 44.6 Å². The van der Waals surface area contributed by atoms with E-state index in [1.807, 2.05) is 26.2 Å². The van der Waals surface area contributed by atoms with E-state index in [1.54, 1.807) is 16.3 Å². The maximum Gasteiger partial charge on any atom is 0.410 e. The van der Waals surface area contributed by atoms with Gasteiger partial charge in [0.25, 0.3) is 5.91 Å². The first-order valence-electron chi connectivity index (χ1n) is 10.5. The Morgan fingerprint density at radius 1 is 1.07 bits per heavy atom. The van der Waals surface area contributed by atoms with E-state index >= 15 is 0 Å². The molecule has 9 heteroatoms. The first-order valence-corrected chi connectivity index (χ1v) is 11.5. The number of thiophene rings is 1. The summed E-state index contributed by atoms with van der Waals surface area (Å²) in [5.74, 6) is -0.0852. The van der Waals surface area contributed by atoms with Crippen LogP contribution in [0.15, 0.2) is 16.8 Å². The SMILES string of the molecule is CC(C)(C)OC(=O)N1CCN(CCCNC(=O)CCCNC(=O)c2ccsc2)CC1. The molecule has 168 valence electrons. The number of carbonyl (C=O) groups is 3. The number of carbonyl (C=O) groups excluding carboxylic acids is 3. The second-order valence-electron chi connectivity index (χ2n) is 8.38. The molecule has 0 saturated carbocycles. The molecule has 1 saturated heterocycles. The van der Waals surface area contributed by atoms with E-state index in [-0.39, 0.29) is 17.9 Å². The largest absolute Gasteiger partial charge is 0.444 e. The highest BCUT2D eigenvalue weighted by atomic mass is 32.1. The van der Waals surface area contributed by atoms with Crippen molar-refractivity contribution in [2.24, 2.45) is 0 Å². The molecule has 2 heterocycles. The van der Waals surface area contributed by atoms with Gasteiger partial charge in [0.05, 0.1) is 0 Å². The third kappa shape index (κ3) is 9.13. The third-order valence-corrected chi connectivity index (χ3v) is 5.33. The lowest BCUT2D eigenvalue weighted by molar-refractivity contribution is -0.121. The van der Waals surface area contributed by atoms with Crippen LogP contribution in [0.1, 0.15) is 50.4 Å². The number of nitrogens with one attached hydrogen (secondary N) is 2. The summed E-state index contributed by atoms with van der Waals surface area (Å²) in [6.07, 6.45) is 1.64. The molecule has 1 fully saturated rings. The number of nitrogens with zero attached hydrogens (tertiary/aromatic N) is 2. The van der Waals surface area contributed by atoms with Gasteiger partial charge in [-0.05, 0) is 51.6 Å². The summed E-state index contributed by atoms with van der Waals surface area (Å²) in [7, 11) is 0. The van der Waals surface area contributed by atoms with Gasteiger partial charge in [-0.2, -0.15) is 11.3 Å². The standard InChI is InChI=1S/C21H34N4O4S/c1-21(2,3)29-20(28)25-13-11-24(12-14-25)10-5-9-22-18(26)6-4-8-23-19(27)17-7-15-30-16-17/h7,15-16H,4-6,8-14H2,1-3H3,(H,22,26)(H,23,27). The fourth-order valence-electron chi connectivity index (χ4n) is 3.05. The van der Waals surface area contributed by atoms with E-state index < -0.39 is 5.60 Å². The van der Waals surface area contributed by atoms with Crippen molar-refractivity contribution in [3.8, 4) is 0 Å². The zero-order chi connectivity index (χ0) is 22.0. The van der Waals surface area contributed by atoms with Gasteiger partial charge in [-0.3, -0.25) is 14.5 Å². The van der Waals surface area contributed by atoms with Crippen LogP contribution in [0.25, 0.3) is 0 Å². The number of piperazine rings is 1. The van der Waals surface area contributed by atoms with Crippen LogP contribution in [0.5, 0.6) is 0 Å². The summed E-state index contributed by atoms with van der Waals surface area (Å²) in [6.45, 7) is 10.6. The van der Waals surface area contributed by atoms with Gasteiger partial charge in [-0.1, -0.05) is 0 Å². The Balaban J connectivity index is 1.48. The molecular weight excluding hydrogens is 404 g/mol. The van der Waals surface area contributed by atoms with E-state index in [9.17, 15) is 14.4 Å². The van der Waals surface area contributed by atoms with Crippen molar-refractivity contribution < 1.29 is 19.1 Å². The molecule has 2 rings (SSSR count). The molecule has 3 amide bonds. The molecule has 0 spiro atoms. The zero-order valence-electron chi connectivity index (χ0n) is 18.2. The van der Waals surface area contributed by atoms with Gasteiger partial charge >= 0.3 is 6.09 Å².